The summed E-state index contributed by atoms with van der Waals surface area (Å²) in [5, 5.41) is 14.9. The number of hydrogen-bond donors (Lipinski definition) is 1. The van der Waals surface area contributed by atoms with Gasteiger partial charge in [-0.1, -0.05) is 6.07 Å². The Kier molecular flexibility index (Phi) is 4.05. The first-order chi connectivity index (χ1) is 12.2. The van der Waals surface area contributed by atoms with E-state index in [-0.39, 0.29) is 11.9 Å². The molecule has 3 aromatic rings. The fourth-order valence-corrected chi connectivity index (χ4v) is 3.47. The van der Waals surface area contributed by atoms with Gasteiger partial charge in [-0.3, -0.25) is 14.5 Å². The van der Waals surface area contributed by atoms with Crippen LogP contribution in [0.25, 0.3) is 5.69 Å². The molecular formula is C18H20N6O. The number of aryl methyl sites for hydroxylation is 1. The molecule has 0 saturated carbocycles. The number of H-pyrrole nitrogens is 1. The average Bonchev–Trinajstić information content (AvgIpc) is 3.33. The predicted molar refractivity (Wildman–Crippen MR) is 92.3 cm³/mol. The molecule has 0 aliphatic carbocycles. The number of carbonyl (C=O) groups is 1. The van der Waals surface area contributed by atoms with Gasteiger partial charge in [-0.2, -0.15) is 5.10 Å². The summed E-state index contributed by atoms with van der Waals surface area (Å²) in [7, 11) is 0. The van der Waals surface area contributed by atoms with Crippen molar-refractivity contribution >= 4 is 5.91 Å². The summed E-state index contributed by atoms with van der Waals surface area (Å²) in [5.74, 6) is 0.0497. The zero-order valence-electron chi connectivity index (χ0n) is 14.1. The lowest BCUT2D eigenvalue weighted by Crippen LogP contribution is -2.39. The minimum Gasteiger partial charge on any atom is -0.330 e. The smallest absolute Gasteiger partial charge is 0.254 e. The molecular weight excluding hydrogens is 316 g/mol. The van der Waals surface area contributed by atoms with Crippen molar-refractivity contribution in [2.75, 3.05) is 6.54 Å². The van der Waals surface area contributed by atoms with Gasteiger partial charge in [0, 0.05) is 17.8 Å². The first-order valence-corrected chi connectivity index (χ1v) is 8.50. The maximum atomic E-state index is 13.2. The summed E-state index contributed by atoms with van der Waals surface area (Å²) >= 11 is 0. The van der Waals surface area contributed by atoms with Gasteiger partial charge in [-0.25, -0.2) is 0 Å². The number of hydrogen-bond acceptors (Lipinski definition) is 4. The molecule has 25 heavy (non-hydrogen) atoms. The van der Waals surface area contributed by atoms with E-state index in [2.05, 4.69) is 20.4 Å². The van der Waals surface area contributed by atoms with E-state index in [1.165, 1.54) is 0 Å². The Hall–Kier alpha value is -2.96. The van der Waals surface area contributed by atoms with Crippen molar-refractivity contribution in [1.29, 1.82) is 0 Å². The third-order valence-electron chi connectivity index (χ3n) is 4.77. The van der Waals surface area contributed by atoms with Crippen LogP contribution in [0, 0.1) is 6.92 Å². The SMILES string of the molecule is Cc1cn[nH]c1[C@H]1CCCCN1C(=O)c1cccc(-n2cnnc2)c1. The van der Waals surface area contributed by atoms with Gasteiger partial charge in [0.15, 0.2) is 0 Å². The Bertz CT molecular complexity index is 869. The molecule has 1 aromatic carbocycles. The molecule has 1 N–H and O–H groups in total. The second-order valence-corrected chi connectivity index (χ2v) is 6.40. The second kappa shape index (κ2) is 6.51. The Morgan fingerprint density at radius 1 is 1.24 bits per heavy atom. The van der Waals surface area contributed by atoms with Gasteiger partial charge in [-0.05, 0) is 49.9 Å². The lowest BCUT2D eigenvalue weighted by atomic mass is 9.96. The molecule has 128 valence electrons. The maximum absolute atomic E-state index is 13.2. The van der Waals surface area contributed by atoms with E-state index in [1.807, 2.05) is 42.3 Å². The summed E-state index contributed by atoms with van der Waals surface area (Å²) < 4.78 is 1.80. The minimum absolute atomic E-state index is 0.0497. The fraction of sp³-hybridized carbons (Fsp3) is 0.333. The molecule has 4 rings (SSSR count). The van der Waals surface area contributed by atoms with Gasteiger partial charge < -0.3 is 4.90 Å². The van der Waals surface area contributed by atoms with Crippen molar-refractivity contribution in [2.45, 2.75) is 32.2 Å². The number of nitrogens with one attached hydrogen (secondary N) is 1. The van der Waals surface area contributed by atoms with Crippen molar-refractivity contribution in [3.05, 3.63) is 59.9 Å². The molecule has 0 unspecified atom stereocenters. The maximum Gasteiger partial charge on any atom is 0.254 e. The standard InChI is InChI=1S/C18H20N6O/c1-13-10-19-22-17(13)16-7-2-3-8-24(16)18(25)14-5-4-6-15(9-14)23-11-20-21-12-23/h4-6,9-12,16H,2-3,7-8H2,1H3,(H,19,22)/t16-/m1/s1. The molecule has 1 atom stereocenters. The second-order valence-electron chi connectivity index (χ2n) is 6.40. The van der Waals surface area contributed by atoms with E-state index in [4.69, 9.17) is 0 Å². The summed E-state index contributed by atoms with van der Waals surface area (Å²) in [4.78, 5) is 15.2. The van der Waals surface area contributed by atoms with Crippen molar-refractivity contribution in [3.63, 3.8) is 0 Å². The van der Waals surface area contributed by atoms with Crippen LogP contribution in [0.4, 0.5) is 0 Å². The number of carbonyl (C=O) groups excluding carboxylic acids is 1. The molecule has 0 bridgehead atoms. The Labute approximate surface area is 145 Å². The number of amides is 1. The van der Waals surface area contributed by atoms with Gasteiger partial charge in [0.1, 0.15) is 12.7 Å². The molecule has 1 aliphatic heterocycles. The van der Waals surface area contributed by atoms with Crippen molar-refractivity contribution in [3.8, 4) is 5.69 Å². The molecule has 7 heteroatoms. The number of aromatic amines is 1. The lowest BCUT2D eigenvalue weighted by Gasteiger charge is -2.35. The third kappa shape index (κ3) is 2.93. The van der Waals surface area contributed by atoms with Crippen LogP contribution in [-0.2, 0) is 0 Å². The van der Waals surface area contributed by atoms with Gasteiger partial charge in [0.2, 0.25) is 0 Å². The number of likely N-dealkylation sites (tertiary alicyclic amines) is 1. The number of rotatable bonds is 3. The summed E-state index contributed by atoms with van der Waals surface area (Å²) in [6.45, 7) is 2.79. The van der Waals surface area contributed by atoms with E-state index in [9.17, 15) is 4.79 Å². The third-order valence-corrected chi connectivity index (χ3v) is 4.77. The van der Waals surface area contributed by atoms with E-state index in [0.29, 0.717) is 5.56 Å². The summed E-state index contributed by atoms with van der Waals surface area (Å²) in [6.07, 6.45) is 8.18. The number of aromatic nitrogens is 5. The van der Waals surface area contributed by atoms with Crippen LogP contribution in [0.1, 0.15) is 46.9 Å². The van der Waals surface area contributed by atoms with E-state index in [1.54, 1.807) is 17.2 Å². The molecule has 1 amide bonds. The fourth-order valence-electron chi connectivity index (χ4n) is 3.47. The van der Waals surface area contributed by atoms with Crippen molar-refractivity contribution < 1.29 is 4.79 Å². The van der Waals surface area contributed by atoms with Crippen LogP contribution >= 0.6 is 0 Å². The highest BCUT2D eigenvalue weighted by atomic mass is 16.2. The molecule has 1 fully saturated rings. The summed E-state index contributed by atoms with van der Waals surface area (Å²) in [6, 6.07) is 7.64. The normalized spacial score (nSPS) is 17.6. The average molecular weight is 336 g/mol. The highest BCUT2D eigenvalue weighted by Gasteiger charge is 2.30. The topological polar surface area (TPSA) is 79.7 Å². The largest absolute Gasteiger partial charge is 0.330 e. The molecule has 2 aromatic heterocycles. The number of nitrogens with zero attached hydrogens (tertiary/aromatic N) is 5. The summed E-state index contributed by atoms with van der Waals surface area (Å²) in [5.41, 5.74) is 3.70. The Balaban J connectivity index is 1.65. The minimum atomic E-state index is 0.0497. The highest BCUT2D eigenvalue weighted by Crippen LogP contribution is 2.32. The van der Waals surface area contributed by atoms with Gasteiger partial charge in [0.25, 0.3) is 5.91 Å². The van der Waals surface area contributed by atoms with Crippen LogP contribution in [0.5, 0.6) is 0 Å². The zero-order chi connectivity index (χ0) is 17.2. The van der Waals surface area contributed by atoms with E-state index in [0.717, 1.165) is 42.8 Å². The van der Waals surface area contributed by atoms with Crippen LogP contribution in [0.15, 0.2) is 43.1 Å². The lowest BCUT2D eigenvalue weighted by molar-refractivity contribution is 0.0605. The Morgan fingerprint density at radius 2 is 2.08 bits per heavy atom. The van der Waals surface area contributed by atoms with Crippen molar-refractivity contribution in [2.24, 2.45) is 0 Å². The highest BCUT2D eigenvalue weighted by molar-refractivity contribution is 5.95. The molecule has 1 saturated heterocycles. The van der Waals surface area contributed by atoms with E-state index < -0.39 is 0 Å². The van der Waals surface area contributed by atoms with Crippen LogP contribution in [0.2, 0.25) is 0 Å². The molecule has 0 spiro atoms. The van der Waals surface area contributed by atoms with Crippen LogP contribution in [-0.4, -0.2) is 42.3 Å². The molecule has 7 nitrogen and oxygen atoms in total. The quantitative estimate of drug-likeness (QED) is 0.797. The number of piperidine rings is 1. The monoisotopic (exact) mass is 336 g/mol. The predicted octanol–water partition coefficient (Wildman–Crippen LogP) is 2.67. The Morgan fingerprint density at radius 3 is 2.84 bits per heavy atom. The molecule has 3 heterocycles. The zero-order valence-corrected chi connectivity index (χ0v) is 14.1. The van der Waals surface area contributed by atoms with Crippen LogP contribution < -0.4 is 0 Å². The molecule has 0 radical (unpaired) electrons. The van der Waals surface area contributed by atoms with E-state index >= 15 is 0 Å². The molecule has 1 aliphatic rings. The van der Waals surface area contributed by atoms with Gasteiger partial charge in [0.05, 0.1) is 17.9 Å². The van der Waals surface area contributed by atoms with Crippen molar-refractivity contribution in [1.82, 2.24) is 29.9 Å². The number of benzene rings is 1. The van der Waals surface area contributed by atoms with Gasteiger partial charge in [-0.15, -0.1) is 10.2 Å². The first kappa shape index (κ1) is 15.6. The van der Waals surface area contributed by atoms with Gasteiger partial charge >= 0.3 is 0 Å². The van der Waals surface area contributed by atoms with Crippen LogP contribution in [0.3, 0.4) is 0 Å². The first-order valence-electron chi connectivity index (χ1n) is 8.50.